The Labute approximate surface area is 243 Å². The van der Waals surface area contributed by atoms with E-state index in [1.165, 1.54) is 5.57 Å². The van der Waals surface area contributed by atoms with Gasteiger partial charge in [0.05, 0.1) is 16.6 Å². The van der Waals surface area contributed by atoms with Crippen molar-refractivity contribution in [1.82, 2.24) is 15.3 Å². The Balaban J connectivity index is 1.71. The zero-order valence-corrected chi connectivity index (χ0v) is 25.3. The monoisotopic (exact) mass is 576 g/mol. The molecule has 0 saturated heterocycles. The lowest BCUT2D eigenvalue weighted by molar-refractivity contribution is -0.110. The third-order valence-corrected chi connectivity index (χ3v) is 8.49. The van der Waals surface area contributed by atoms with Crippen LogP contribution < -0.4 is 14.8 Å². The van der Waals surface area contributed by atoms with Gasteiger partial charge in [-0.05, 0) is 98.8 Å². The van der Waals surface area contributed by atoms with Gasteiger partial charge >= 0.3 is 0 Å². The molecular formula is C32H40N4O4S. The van der Waals surface area contributed by atoms with Gasteiger partial charge < -0.3 is 10.1 Å². The van der Waals surface area contributed by atoms with Crippen molar-refractivity contribution in [2.75, 3.05) is 11.3 Å². The normalized spacial score (nSPS) is 14.3. The highest BCUT2D eigenvalue weighted by atomic mass is 32.2. The van der Waals surface area contributed by atoms with Crippen LogP contribution in [0.4, 0.5) is 5.95 Å². The zero-order chi connectivity index (χ0) is 29.6. The molecule has 0 radical (unpaired) electrons. The van der Waals surface area contributed by atoms with Gasteiger partial charge in [-0.1, -0.05) is 44.2 Å². The number of carbonyl (C=O) groups excluding carboxylic acids is 1. The van der Waals surface area contributed by atoms with Crippen LogP contribution in [-0.2, 0) is 14.8 Å². The summed E-state index contributed by atoms with van der Waals surface area (Å²) in [6.07, 6.45) is 7.79. The van der Waals surface area contributed by atoms with Crippen LogP contribution in [0.25, 0.3) is 16.8 Å². The molecule has 0 saturated carbocycles. The highest BCUT2D eigenvalue weighted by Crippen LogP contribution is 2.31. The van der Waals surface area contributed by atoms with E-state index >= 15 is 0 Å². The van der Waals surface area contributed by atoms with E-state index in [1.807, 2.05) is 45.0 Å². The first-order chi connectivity index (χ1) is 19.6. The van der Waals surface area contributed by atoms with E-state index in [0.29, 0.717) is 18.0 Å². The molecule has 1 aromatic heterocycles. The van der Waals surface area contributed by atoms with Crippen LogP contribution in [0.1, 0.15) is 68.2 Å². The number of allylic oxidation sites excluding steroid dienone is 2. The van der Waals surface area contributed by atoms with Gasteiger partial charge in [-0.3, -0.25) is 4.79 Å². The number of rotatable bonds is 12. The number of benzene rings is 2. The molecule has 9 heteroatoms. The molecular weight excluding hydrogens is 536 g/mol. The van der Waals surface area contributed by atoms with Gasteiger partial charge in [-0.25, -0.2) is 18.1 Å². The number of ether oxygens (including phenoxy) is 1. The maximum Gasteiger partial charge on any atom is 0.264 e. The minimum Gasteiger partial charge on any atom is -0.475 e. The number of nitrogens with one attached hydrogen (secondary N) is 2. The number of amides is 1. The highest BCUT2D eigenvalue weighted by Gasteiger charge is 2.21. The van der Waals surface area contributed by atoms with Crippen LogP contribution >= 0.6 is 0 Å². The zero-order valence-electron chi connectivity index (χ0n) is 24.5. The van der Waals surface area contributed by atoms with Crippen molar-refractivity contribution in [2.24, 2.45) is 5.92 Å². The molecule has 1 aliphatic carbocycles. The van der Waals surface area contributed by atoms with Gasteiger partial charge in [-0.15, -0.1) is 0 Å². The van der Waals surface area contributed by atoms with E-state index in [2.05, 4.69) is 39.9 Å². The average Bonchev–Trinajstić information content (AvgIpc) is 2.91. The van der Waals surface area contributed by atoms with Crippen LogP contribution in [0.15, 0.2) is 53.4 Å². The first-order valence-electron chi connectivity index (χ1n) is 14.2. The maximum absolute atomic E-state index is 13.7. The van der Waals surface area contributed by atoms with Crippen LogP contribution in [0.3, 0.4) is 0 Å². The van der Waals surface area contributed by atoms with E-state index in [1.54, 1.807) is 18.2 Å². The predicted octanol–water partition coefficient (Wildman–Crippen LogP) is 6.37. The fourth-order valence-electron chi connectivity index (χ4n) is 5.29. The second kappa shape index (κ2) is 13.3. The van der Waals surface area contributed by atoms with Gasteiger partial charge in [-0.2, -0.15) is 4.98 Å². The van der Waals surface area contributed by atoms with Gasteiger partial charge in [0.1, 0.15) is 6.61 Å². The highest BCUT2D eigenvalue weighted by molar-refractivity contribution is 7.92. The van der Waals surface area contributed by atoms with Gasteiger partial charge in [0.25, 0.3) is 10.0 Å². The fraction of sp³-hybridized carbons (Fsp3) is 0.406. The van der Waals surface area contributed by atoms with Crippen molar-refractivity contribution in [2.45, 2.75) is 77.7 Å². The lowest BCUT2D eigenvalue weighted by atomic mass is 9.93. The minimum atomic E-state index is -4.01. The summed E-state index contributed by atoms with van der Waals surface area (Å²) in [5, 5.41) is 2.80. The number of sulfonamides is 1. The molecule has 0 spiro atoms. The molecule has 0 unspecified atom stereocenters. The van der Waals surface area contributed by atoms with Gasteiger partial charge in [0.15, 0.2) is 0 Å². The molecule has 2 aromatic carbocycles. The SMILES string of the molecule is Cc1cc(C2=CCCCC2)cc(S(=O)(=O)Nc2nc(OC[C@@H](CC(C)C)NC=O)cc(-c3c(C)cccc3C)n2)c1. The van der Waals surface area contributed by atoms with Crippen LogP contribution in [0.2, 0.25) is 0 Å². The number of anilines is 1. The largest absolute Gasteiger partial charge is 0.475 e. The Bertz CT molecular complexity index is 1510. The van der Waals surface area contributed by atoms with E-state index in [9.17, 15) is 13.2 Å². The van der Waals surface area contributed by atoms with E-state index in [4.69, 9.17) is 4.74 Å². The number of nitrogens with zero attached hydrogens (tertiary/aromatic N) is 2. The van der Waals surface area contributed by atoms with Crippen molar-refractivity contribution < 1.29 is 17.9 Å². The molecule has 1 amide bonds. The molecule has 3 aromatic rings. The predicted molar refractivity (Wildman–Crippen MR) is 163 cm³/mol. The van der Waals surface area contributed by atoms with Crippen molar-refractivity contribution in [3.05, 3.63) is 70.8 Å². The lowest BCUT2D eigenvalue weighted by Gasteiger charge is -2.19. The summed E-state index contributed by atoms with van der Waals surface area (Å²) in [7, 11) is -4.01. The van der Waals surface area contributed by atoms with Crippen molar-refractivity contribution in [1.29, 1.82) is 0 Å². The second-order valence-corrected chi connectivity index (χ2v) is 12.9. The molecule has 1 atom stereocenters. The number of carbonyl (C=O) groups is 1. The first-order valence-corrected chi connectivity index (χ1v) is 15.7. The van der Waals surface area contributed by atoms with Crippen LogP contribution in [-0.4, -0.2) is 37.4 Å². The van der Waals surface area contributed by atoms with Crippen molar-refractivity contribution in [3.63, 3.8) is 0 Å². The molecule has 2 N–H and O–H groups in total. The van der Waals surface area contributed by atoms with E-state index < -0.39 is 10.0 Å². The lowest BCUT2D eigenvalue weighted by Crippen LogP contribution is -2.35. The third kappa shape index (κ3) is 7.94. The molecule has 1 heterocycles. The van der Waals surface area contributed by atoms with Crippen molar-refractivity contribution >= 4 is 28.0 Å². The van der Waals surface area contributed by atoms with Crippen LogP contribution in [0.5, 0.6) is 5.88 Å². The Morgan fingerprint density at radius 1 is 1.02 bits per heavy atom. The molecule has 41 heavy (non-hydrogen) atoms. The van der Waals surface area contributed by atoms with Gasteiger partial charge in [0.2, 0.25) is 18.2 Å². The summed E-state index contributed by atoms with van der Waals surface area (Å²) in [5.41, 5.74) is 6.39. The molecule has 218 valence electrons. The Hall–Kier alpha value is -3.72. The summed E-state index contributed by atoms with van der Waals surface area (Å²) < 4.78 is 35.9. The quantitative estimate of drug-likeness (QED) is 0.243. The molecule has 4 rings (SSSR count). The Morgan fingerprint density at radius 3 is 2.44 bits per heavy atom. The third-order valence-electron chi connectivity index (χ3n) is 7.18. The minimum absolute atomic E-state index is 0.0798. The molecule has 0 fully saturated rings. The standard InChI is InChI=1S/C32H40N4O4S/c1-21(2)14-27(33-20-37)19-40-30-18-29(31-23(4)10-9-11-24(31)5)34-32(35-30)36-41(38,39)28-16-22(3)15-26(17-28)25-12-7-6-8-13-25/h9-12,15-18,20-21,27H,6-8,13-14,19H2,1-5H3,(H,33,37)(H,34,35,36)/t27-/m1/s1. The second-order valence-electron chi connectivity index (χ2n) is 11.2. The number of aromatic nitrogens is 2. The Kier molecular flexibility index (Phi) is 9.81. The topological polar surface area (TPSA) is 110 Å². The van der Waals surface area contributed by atoms with E-state index in [-0.39, 0.29) is 29.4 Å². The number of hydrogen-bond acceptors (Lipinski definition) is 6. The number of aryl methyl sites for hydroxylation is 3. The molecule has 0 bridgehead atoms. The fourth-order valence-corrected chi connectivity index (χ4v) is 6.37. The molecule has 0 aliphatic heterocycles. The Morgan fingerprint density at radius 2 is 1.78 bits per heavy atom. The maximum atomic E-state index is 13.7. The summed E-state index contributed by atoms with van der Waals surface area (Å²) in [4.78, 5) is 20.3. The molecule has 1 aliphatic rings. The first kappa shape index (κ1) is 30.2. The summed E-state index contributed by atoms with van der Waals surface area (Å²) in [5.74, 6) is 0.482. The number of hydrogen-bond donors (Lipinski definition) is 2. The smallest absolute Gasteiger partial charge is 0.264 e. The average molecular weight is 577 g/mol. The summed E-state index contributed by atoms with van der Waals surface area (Å²) >= 11 is 0. The van der Waals surface area contributed by atoms with Crippen LogP contribution in [0, 0.1) is 26.7 Å². The van der Waals surface area contributed by atoms with Crippen molar-refractivity contribution in [3.8, 4) is 17.1 Å². The summed E-state index contributed by atoms with van der Waals surface area (Å²) in [6, 6.07) is 12.8. The molecule has 8 nitrogen and oxygen atoms in total. The van der Waals surface area contributed by atoms with Gasteiger partial charge in [0, 0.05) is 11.6 Å². The van der Waals surface area contributed by atoms with E-state index in [0.717, 1.165) is 59.9 Å². The summed E-state index contributed by atoms with van der Waals surface area (Å²) in [6.45, 7) is 10.2.